The largest absolute Gasteiger partial charge is 0.497 e. The Morgan fingerprint density at radius 3 is 2.48 bits per heavy atom. The maximum absolute atomic E-state index is 12.2. The van der Waals surface area contributed by atoms with Gasteiger partial charge in [0.25, 0.3) is 0 Å². The number of nitrogens with zero attached hydrogens (tertiary/aromatic N) is 1. The highest BCUT2D eigenvalue weighted by molar-refractivity contribution is 5.95. The molecule has 2 rings (SSSR count). The van der Waals surface area contributed by atoms with Gasteiger partial charge in [-0.2, -0.15) is 0 Å². The molecule has 0 atom stereocenters. The summed E-state index contributed by atoms with van der Waals surface area (Å²) in [7, 11) is 1.58. The van der Waals surface area contributed by atoms with Crippen LogP contribution in [0.25, 0.3) is 0 Å². The van der Waals surface area contributed by atoms with Crippen molar-refractivity contribution in [3.05, 3.63) is 53.6 Å². The zero-order valence-corrected chi connectivity index (χ0v) is 15.1. The fourth-order valence-corrected chi connectivity index (χ4v) is 2.50. The highest BCUT2D eigenvalue weighted by Gasteiger charge is 2.14. The van der Waals surface area contributed by atoms with Gasteiger partial charge in [0.15, 0.2) is 0 Å². The van der Waals surface area contributed by atoms with Crippen LogP contribution in [0, 0.1) is 13.8 Å². The molecule has 0 unspecified atom stereocenters. The topological polar surface area (TPSA) is 58.6 Å². The van der Waals surface area contributed by atoms with E-state index in [9.17, 15) is 9.59 Å². The van der Waals surface area contributed by atoms with Crippen molar-refractivity contribution in [1.29, 1.82) is 0 Å². The summed E-state index contributed by atoms with van der Waals surface area (Å²) in [5, 5.41) is 2.83. The zero-order chi connectivity index (χ0) is 18.4. The first-order chi connectivity index (χ1) is 11.9. The number of carbonyl (C=O) groups excluding carboxylic acids is 2. The Kier molecular flexibility index (Phi) is 6.17. The number of benzene rings is 2. The van der Waals surface area contributed by atoms with E-state index in [1.807, 2.05) is 44.2 Å². The summed E-state index contributed by atoms with van der Waals surface area (Å²) in [6.07, 6.45) is 0.212. The number of hydrogen-bond donors (Lipinski definition) is 1. The molecule has 2 aromatic rings. The maximum atomic E-state index is 12.2. The second-order valence-corrected chi connectivity index (χ2v) is 5.97. The van der Waals surface area contributed by atoms with Gasteiger partial charge in [0.1, 0.15) is 5.75 Å². The molecule has 0 saturated carbocycles. The van der Waals surface area contributed by atoms with Gasteiger partial charge in [-0.1, -0.05) is 12.1 Å². The van der Waals surface area contributed by atoms with Gasteiger partial charge in [0.05, 0.1) is 7.11 Å². The summed E-state index contributed by atoms with van der Waals surface area (Å²) >= 11 is 0. The Balaban J connectivity index is 2.01. The Labute approximate surface area is 148 Å². The first kappa shape index (κ1) is 18.5. The standard InChI is InChI=1S/C20H24N2O3/c1-14-8-9-18(12-15(14)2)22(16(3)23)11-10-20(24)21-17-6-5-7-19(13-17)25-4/h5-9,12-13H,10-11H2,1-4H3,(H,21,24). The molecule has 0 bridgehead atoms. The monoisotopic (exact) mass is 340 g/mol. The highest BCUT2D eigenvalue weighted by Crippen LogP contribution is 2.20. The fourth-order valence-electron chi connectivity index (χ4n) is 2.50. The molecular formula is C20H24N2O3. The lowest BCUT2D eigenvalue weighted by molar-refractivity contribution is -0.117. The van der Waals surface area contributed by atoms with Crippen LogP contribution in [0.5, 0.6) is 5.75 Å². The summed E-state index contributed by atoms with van der Waals surface area (Å²) < 4.78 is 5.14. The van der Waals surface area contributed by atoms with E-state index in [2.05, 4.69) is 5.32 Å². The third kappa shape index (κ3) is 5.08. The van der Waals surface area contributed by atoms with Gasteiger partial charge in [-0.3, -0.25) is 9.59 Å². The van der Waals surface area contributed by atoms with Crippen LogP contribution in [-0.4, -0.2) is 25.5 Å². The van der Waals surface area contributed by atoms with Crippen molar-refractivity contribution in [3.8, 4) is 5.75 Å². The van der Waals surface area contributed by atoms with Crippen LogP contribution in [0.15, 0.2) is 42.5 Å². The van der Waals surface area contributed by atoms with Gasteiger partial charge >= 0.3 is 0 Å². The lowest BCUT2D eigenvalue weighted by atomic mass is 10.1. The van der Waals surface area contributed by atoms with Crippen LogP contribution >= 0.6 is 0 Å². The first-order valence-corrected chi connectivity index (χ1v) is 8.20. The molecule has 1 N–H and O–H groups in total. The van der Waals surface area contributed by atoms with Crippen molar-refractivity contribution in [1.82, 2.24) is 0 Å². The second kappa shape index (κ2) is 8.33. The van der Waals surface area contributed by atoms with E-state index in [0.29, 0.717) is 18.0 Å². The molecule has 0 aliphatic carbocycles. The molecule has 5 nitrogen and oxygen atoms in total. The number of hydrogen-bond acceptors (Lipinski definition) is 3. The molecule has 0 aromatic heterocycles. The molecule has 0 aliphatic heterocycles. The minimum Gasteiger partial charge on any atom is -0.497 e. The van der Waals surface area contributed by atoms with Crippen molar-refractivity contribution in [2.24, 2.45) is 0 Å². The van der Waals surface area contributed by atoms with Crippen LogP contribution in [-0.2, 0) is 9.59 Å². The second-order valence-electron chi connectivity index (χ2n) is 5.97. The lowest BCUT2D eigenvalue weighted by Gasteiger charge is -2.22. The molecule has 0 radical (unpaired) electrons. The molecule has 0 fully saturated rings. The van der Waals surface area contributed by atoms with E-state index in [-0.39, 0.29) is 18.2 Å². The highest BCUT2D eigenvalue weighted by atomic mass is 16.5. The zero-order valence-electron chi connectivity index (χ0n) is 15.1. The van der Waals surface area contributed by atoms with E-state index in [4.69, 9.17) is 4.74 Å². The number of anilines is 2. The van der Waals surface area contributed by atoms with Crippen molar-refractivity contribution in [2.45, 2.75) is 27.2 Å². The van der Waals surface area contributed by atoms with Gasteiger partial charge in [0, 0.05) is 37.3 Å². The van der Waals surface area contributed by atoms with Crippen molar-refractivity contribution in [3.63, 3.8) is 0 Å². The number of amides is 2. The Hall–Kier alpha value is -2.82. The number of ether oxygens (including phenoxy) is 1. The Bertz CT molecular complexity index is 771. The summed E-state index contributed by atoms with van der Waals surface area (Å²) in [5.41, 5.74) is 3.77. The van der Waals surface area contributed by atoms with E-state index in [1.54, 1.807) is 24.1 Å². The summed E-state index contributed by atoms with van der Waals surface area (Å²) in [6.45, 7) is 5.87. The Morgan fingerprint density at radius 2 is 1.84 bits per heavy atom. The molecule has 0 heterocycles. The smallest absolute Gasteiger partial charge is 0.226 e. The normalized spacial score (nSPS) is 10.2. The van der Waals surface area contributed by atoms with Gasteiger partial charge in [0.2, 0.25) is 11.8 Å². The van der Waals surface area contributed by atoms with Gasteiger partial charge in [-0.05, 0) is 49.2 Å². The number of nitrogens with one attached hydrogen (secondary N) is 1. The average Bonchev–Trinajstić information content (AvgIpc) is 2.58. The van der Waals surface area contributed by atoms with E-state index >= 15 is 0 Å². The quantitative estimate of drug-likeness (QED) is 0.872. The molecule has 0 spiro atoms. The van der Waals surface area contributed by atoms with Crippen molar-refractivity contribution < 1.29 is 14.3 Å². The maximum Gasteiger partial charge on any atom is 0.226 e. The minimum atomic E-state index is -0.150. The molecule has 0 saturated heterocycles. The SMILES string of the molecule is COc1cccc(NC(=O)CCN(C(C)=O)c2ccc(C)c(C)c2)c1. The molecule has 25 heavy (non-hydrogen) atoms. The van der Waals surface area contributed by atoms with Crippen LogP contribution < -0.4 is 15.0 Å². The average molecular weight is 340 g/mol. The van der Waals surface area contributed by atoms with E-state index in [0.717, 1.165) is 11.3 Å². The van der Waals surface area contributed by atoms with Gasteiger partial charge in [-0.15, -0.1) is 0 Å². The van der Waals surface area contributed by atoms with Crippen molar-refractivity contribution >= 4 is 23.2 Å². The number of methoxy groups -OCH3 is 1. The van der Waals surface area contributed by atoms with Gasteiger partial charge in [-0.25, -0.2) is 0 Å². The number of rotatable bonds is 6. The predicted molar refractivity (Wildman–Crippen MR) is 100 cm³/mol. The first-order valence-electron chi connectivity index (χ1n) is 8.20. The van der Waals surface area contributed by atoms with Crippen LogP contribution in [0.1, 0.15) is 24.5 Å². The molecule has 5 heteroatoms. The Morgan fingerprint density at radius 1 is 1.08 bits per heavy atom. The number of aryl methyl sites for hydroxylation is 2. The van der Waals surface area contributed by atoms with E-state index in [1.165, 1.54) is 12.5 Å². The molecule has 2 amide bonds. The van der Waals surface area contributed by atoms with Crippen LogP contribution in [0.4, 0.5) is 11.4 Å². The van der Waals surface area contributed by atoms with Crippen LogP contribution in [0.2, 0.25) is 0 Å². The fraction of sp³-hybridized carbons (Fsp3) is 0.300. The molecule has 0 aliphatic rings. The summed E-state index contributed by atoms with van der Waals surface area (Å²) in [4.78, 5) is 25.8. The molecule has 132 valence electrons. The van der Waals surface area contributed by atoms with E-state index < -0.39 is 0 Å². The van der Waals surface area contributed by atoms with Crippen molar-refractivity contribution in [2.75, 3.05) is 23.9 Å². The lowest BCUT2D eigenvalue weighted by Crippen LogP contribution is -2.32. The molecule has 2 aromatic carbocycles. The predicted octanol–water partition coefficient (Wildman–Crippen LogP) is 3.69. The summed E-state index contributed by atoms with van der Waals surface area (Å²) in [5.74, 6) is 0.444. The third-order valence-electron chi connectivity index (χ3n) is 4.10. The number of carbonyl (C=O) groups is 2. The molecular weight excluding hydrogens is 316 g/mol. The summed E-state index contributed by atoms with van der Waals surface area (Å²) in [6, 6.07) is 13.0. The third-order valence-corrected chi connectivity index (χ3v) is 4.10. The van der Waals surface area contributed by atoms with Gasteiger partial charge < -0.3 is 15.0 Å². The van der Waals surface area contributed by atoms with Crippen LogP contribution in [0.3, 0.4) is 0 Å². The minimum absolute atomic E-state index is 0.0857.